The first-order chi connectivity index (χ1) is 8.71. The number of aliphatic carboxylic acids is 1. The van der Waals surface area contributed by atoms with Crippen molar-refractivity contribution in [3.63, 3.8) is 0 Å². The molecule has 0 bridgehead atoms. The van der Waals surface area contributed by atoms with Crippen LogP contribution in [0, 0.1) is 17.3 Å². The number of hydrogen-bond donors (Lipinski definition) is 2. The Hall–Kier alpha value is -1.06. The maximum atomic E-state index is 12.2. The lowest BCUT2D eigenvalue weighted by atomic mass is 9.72. The third-order valence-electron chi connectivity index (χ3n) is 3.90. The monoisotopic (exact) mass is 269 g/mol. The van der Waals surface area contributed by atoms with Gasteiger partial charge in [0.25, 0.3) is 0 Å². The molecule has 4 nitrogen and oxygen atoms in total. The van der Waals surface area contributed by atoms with Crippen LogP contribution in [0.1, 0.15) is 59.8 Å². The van der Waals surface area contributed by atoms with Gasteiger partial charge in [0.15, 0.2) is 0 Å². The van der Waals surface area contributed by atoms with Gasteiger partial charge in [-0.3, -0.25) is 4.79 Å². The molecule has 0 aromatic heterocycles. The molecule has 1 rings (SSSR count). The van der Waals surface area contributed by atoms with Crippen molar-refractivity contribution in [2.24, 2.45) is 17.3 Å². The van der Waals surface area contributed by atoms with Gasteiger partial charge in [0.2, 0.25) is 5.91 Å². The van der Waals surface area contributed by atoms with Crippen LogP contribution in [0.2, 0.25) is 0 Å². The molecule has 0 aromatic rings. The highest BCUT2D eigenvalue weighted by Gasteiger charge is 2.33. The summed E-state index contributed by atoms with van der Waals surface area (Å²) in [5, 5.41) is 11.9. The standard InChI is InChI=1S/C15H27NO3/c1-10(2)8-12(14(18)19)16-13(17)11-6-5-7-15(3,4)9-11/h10-12H,5-9H2,1-4H3,(H,16,17)(H,18,19). The fourth-order valence-corrected chi connectivity index (χ4v) is 2.90. The quantitative estimate of drug-likeness (QED) is 0.806. The van der Waals surface area contributed by atoms with Crippen LogP contribution < -0.4 is 5.32 Å². The van der Waals surface area contributed by atoms with Crippen LogP contribution in [0.5, 0.6) is 0 Å². The molecule has 0 saturated heterocycles. The van der Waals surface area contributed by atoms with Crippen LogP contribution in [0.3, 0.4) is 0 Å². The average Bonchev–Trinajstić information content (AvgIpc) is 2.25. The highest BCUT2D eigenvalue weighted by Crippen LogP contribution is 2.38. The van der Waals surface area contributed by atoms with Crippen molar-refractivity contribution in [1.82, 2.24) is 5.32 Å². The van der Waals surface area contributed by atoms with Crippen LogP contribution >= 0.6 is 0 Å². The molecule has 2 atom stereocenters. The van der Waals surface area contributed by atoms with Crippen molar-refractivity contribution in [2.45, 2.75) is 65.8 Å². The number of nitrogens with one attached hydrogen (secondary N) is 1. The first-order valence-corrected chi connectivity index (χ1v) is 7.24. The summed E-state index contributed by atoms with van der Waals surface area (Å²) in [5.41, 5.74) is 0.191. The number of amides is 1. The Balaban J connectivity index is 2.59. The molecule has 19 heavy (non-hydrogen) atoms. The van der Waals surface area contributed by atoms with E-state index in [4.69, 9.17) is 5.11 Å². The van der Waals surface area contributed by atoms with Gasteiger partial charge in [0, 0.05) is 5.92 Å². The molecule has 2 N–H and O–H groups in total. The second-order valence-electron chi connectivity index (χ2n) is 6.99. The Bertz CT molecular complexity index is 336. The maximum Gasteiger partial charge on any atom is 0.326 e. The number of carboxylic acids is 1. The number of rotatable bonds is 5. The van der Waals surface area contributed by atoms with E-state index in [-0.39, 0.29) is 23.2 Å². The van der Waals surface area contributed by atoms with E-state index in [2.05, 4.69) is 19.2 Å². The molecule has 0 spiro atoms. The van der Waals surface area contributed by atoms with E-state index in [1.165, 1.54) is 0 Å². The molecular weight excluding hydrogens is 242 g/mol. The number of carbonyl (C=O) groups is 2. The Kier molecular flexibility index (Phi) is 5.39. The predicted molar refractivity (Wildman–Crippen MR) is 74.8 cm³/mol. The smallest absolute Gasteiger partial charge is 0.326 e. The van der Waals surface area contributed by atoms with Gasteiger partial charge in [-0.2, -0.15) is 0 Å². The minimum absolute atomic E-state index is 0.0298. The van der Waals surface area contributed by atoms with E-state index >= 15 is 0 Å². The van der Waals surface area contributed by atoms with Gasteiger partial charge in [-0.05, 0) is 37.0 Å². The van der Waals surface area contributed by atoms with Gasteiger partial charge >= 0.3 is 5.97 Å². The lowest BCUT2D eigenvalue weighted by Gasteiger charge is -2.35. The molecule has 110 valence electrons. The lowest BCUT2D eigenvalue weighted by Crippen LogP contribution is -2.45. The fraction of sp³-hybridized carbons (Fsp3) is 0.867. The molecule has 0 radical (unpaired) electrons. The number of carbonyl (C=O) groups excluding carboxylic acids is 1. The van der Waals surface area contributed by atoms with E-state index in [0.29, 0.717) is 6.42 Å². The Labute approximate surface area is 116 Å². The lowest BCUT2D eigenvalue weighted by molar-refractivity contribution is -0.143. The first kappa shape index (κ1) is 16.0. The maximum absolute atomic E-state index is 12.2. The van der Waals surface area contributed by atoms with Crippen molar-refractivity contribution in [3.8, 4) is 0 Å². The summed E-state index contributed by atoms with van der Waals surface area (Å²) in [6.07, 6.45) is 4.41. The van der Waals surface area contributed by atoms with E-state index in [0.717, 1.165) is 25.7 Å². The molecule has 2 unspecified atom stereocenters. The molecule has 1 aliphatic carbocycles. The molecular formula is C15H27NO3. The minimum Gasteiger partial charge on any atom is -0.480 e. The van der Waals surface area contributed by atoms with E-state index in [9.17, 15) is 9.59 Å². The van der Waals surface area contributed by atoms with Gasteiger partial charge in [0.1, 0.15) is 6.04 Å². The minimum atomic E-state index is -0.933. The van der Waals surface area contributed by atoms with Crippen LogP contribution in [-0.2, 0) is 9.59 Å². The predicted octanol–water partition coefficient (Wildman–Crippen LogP) is 2.82. The summed E-state index contributed by atoms with van der Waals surface area (Å²) >= 11 is 0. The second kappa shape index (κ2) is 6.40. The van der Waals surface area contributed by atoms with Gasteiger partial charge in [-0.15, -0.1) is 0 Å². The summed E-state index contributed by atoms with van der Waals surface area (Å²) in [6.45, 7) is 8.28. The van der Waals surface area contributed by atoms with Crippen molar-refractivity contribution >= 4 is 11.9 Å². The molecule has 1 saturated carbocycles. The van der Waals surface area contributed by atoms with Crippen LogP contribution in [-0.4, -0.2) is 23.0 Å². The largest absolute Gasteiger partial charge is 0.480 e. The Morgan fingerprint density at radius 2 is 2.00 bits per heavy atom. The van der Waals surface area contributed by atoms with Crippen molar-refractivity contribution in [3.05, 3.63) is 0 Å². The second-order valence-corrected chi connectivity index (χ2v) is 6.99. The normalized spacial score (nSPS) is 23.9. The van der Waals surface area contributed by atoms with Crippen LogP contribution in [0.15, 0.2) is 0 Å². The Morgan fingerprint density at radius 1 is 1.37 bits per heavy atom. The third kappa shape index (κ3) is 5.21. The molecule has 0 heterocycles. The summed E-state index contributed by atoms with van der Waals surface area (Å²) in [6, 6.07) is -0.752. The number of hydrogen-bond acceptors (Lipinski definition) is 2. The summed E-state index contributed by atoms with van der Waals surface area (Å²) < 4.78 is 0. The van der Waals surface area contributed by atoms with E-state index in [1.54, 1.807) is 0 Å². The highest BCUT2D eigenvalue weighted by molar-refractivity contribution is 5.85. The zero-order valence-electron chi connectivity index (χ0n) is 12.5. The molecule has 0 aromatic carbocycles. The fourth-order valence-electron chi connectivity index (χ4n) is 2.90. The van der Waals surface area contributed by atoms with Gasteiger partial charge in [-0.1, -0.05) is 34.1 Å². The van der Waals surface area contributed by atoms with Gasteiger partial charge < -0.3 is 10.4 Å². The molecule has 1 amide bonds. The van der Waals surface area contributed by atoms with Crippen LogP contribution in [0.25, 0.3) is 0 Å². The Morgan fingerprint density at radius 3 is 2.47 bits per heavy atom. The topological polar surface area (TPSA) is 66.4 Å². The summed E-state index contributed by atoms with van der Waals surface area (Å²) in [4.78, 5) is 23.4. The SMILES string of the molecule is CC(C)CC(NC(=O)C1CCCC(C)(C)C1)C(=O)O. The molecule has 1 fully saturated rings. The van der Waals surface area contributed by atoms with E-state index < -0.39 is 12.0 Å². The molecule has 0 aliphatic heterocycles. The van der Waals surface area contributed by atoms with Crippen LogP contribution in [0.4, 0.5) is 0 Å². The summed E-state index contributed by atoms with van der Waals surface area (Å²) in [5.74, 6) is -0.792. The first-order valence-electron chi connectivity index (χ1n) is 7.24. The van der Waals surface area contributed by atoms with Crippen molar-refractivity contribution < 1.29 is 14.7 Å². The van der Waals surface area contributed by atoms with Crippen molar-refractivity contribution in [1.29, 1.82) is 0 Å². The van der Waals surface area contributed by atoms with E-state index in [1.807, 2.05) is 13.8 Å². The number of carboxylic acid groups (broad SMARTS) is 1. The van der Waals surface area contributed by atoms with Gasteiger partial charge in [0.05, 0.1) is 0 Å². The molecule has 1 aliphatic rings. The zero-order chi connectivity index (χ0) is 14.6. The average molecular weight is 269 g/mol. The third-order valence-corrected chi connectivity index (χ3v) is 3.90. The molecule has 4 heteroatoms. The zero-order valence-corrected chi connectivity index (χ0v) is 12.5. The highest BCUT2D eigenvalue weighted by atomic mass is 16.4. The van der Waals surface area contributed by atoms with Crippen molar-refractivity contribution in [2.75, 3.05) is 0 Å². The summed E-state index contributed by atoms with van der Waals surface area (Å²) in [7, 11) is 0. The van der Waals surface area contributed by atoms with Gasteiger partial charge in [-0.25, -0.2) is 4.79 Å².